The van der Waals surface area contributed by atoms with Crippen molar-refractivity contribution in [1.29, 1.82) is 0 Å². The maximum absolute atomic E-state index is 9.98. The molecule has 5 heteroatoms. The summed E-state index contributed by atoms with van der Waals surface area (Å²) in [6.07, 6.45) is 1.06. The van der Waals surface area contributed by atoms with Gasteiger partial charge < -0.3 is 9.59 Å². The molecule has 0 aromatic heterocycles. The molecule has 12 heavy (non-hydrogen) atoms. The zero-order valence-electron chi connectivity index (χ0n) is 6.54. The topological polar surface area (TPSA) is 73.9 Å². The van der Waals surface area contributed by atoms with Gasteiger partial charge in [0, 0.05) is 31.7 Å². The van der Waals surface area contributed by atoms with Gasteiger partial charge >= 0.3 is 22.6 Å². The molecular weight excluding hydrogens is 340 g/mol. The predicted octanol–water partition coefficient (Wildman–Crippen LogP) is 0.291. The number of carbonyl (C=O) groups excluding carboxylic acids is 2. The van der Waals surface area contributed by atoms with E-state index >= 15 is 0 Å². The third kappa shape index (κ3) is 58.2. The average molecular weight is 347 g/mol. The van der Waals surface area contributed by atoms with Crippen molar-refractivity contribution in [3.8, 4) is 0 Å². The van der Waals surface area contributed by atoms with Gasteiger partial charge in [-0.15, -0.1) is 0 Å². The van der Waals surface area contributed by atoms with Gasteiger partial charge in [-0.2, -0.15) is 0 Å². The molecule has 69 valence electrons. The van der Waals surface area contributed by atoms with Crippen LogP contribution in [0.25, 0.3) is 0 Å². The molecule has 0 heterocycles. The van der Waals surface area contributed by atoms with Crippen LogP contribution >= 0.6 is 0 Å². The summed E-state index contributed by atoms with van der Waals surface area (Å²) in [4.78, 5) is 20.0. The molecule has 1 radical (unpaired) electrons. The van der Waals surface area contributed by atoms with E-state index in [1.807, 2.05) is 0 Å². The van der Waals surface area contributed by atoms with Crippen LogP contribution < -0.4 is 0 Å². The SMILES string of the molecule is CC(=O)[CH-]C(C)=O.[C-]#[O+].[C-]#[O+].[Ir]. The summed E-state index contributed by atoms with van der Waals surface area (Å²) in [5.74, 6) is -0.375. The van der Waals surface area contributed by atoms with Crippen LogP contribution in [0.5, 0.6) is 0 Å². The minimum atomic E-state index is -0.187. The Morgan fingerprint density at radius 1 is 1.00 bits per heavy atom. The first kappa shape index (κ1) is 22.5. The van der Waals surface area contributed by atoms with E-state index in [0.717, 1.165) is 6.42 Å². The third-order valence-corrected chi connectivity index (χ3v) is 0.407. The summed E-state index contributed by atoms with van der Waals surface area (Å²) >= 11 is 0. The number of rotatable bonds is 2. The van der Waals surface area contributed by atoms with Gasteiger partial charge in [-0.05, 0) is 13.8 Å². The number of hydrogen-bond donors (Lipinski definition) is 0. The maximum atomic E-state index is 9.98. The summed E-state index contributed by atoms with van der Waals surface area (Å²) < 4.78 is 15.0. The van der Waals surface area contributed by atoms with Crippen LogP contribution in [-0.4, -0.2) is 11.6 Å². The van der Waals surface area contributed by atoms with Gasteiger partial charge in [-0.1, -0.05) is 0 Å². The standard InChI is InChI=1S/C5H7O2.2CO.Ir/c1-4(6)3-5(2)7;2*1-2;/h3H,1-2H3;;;/q-1;;;. The fourth-order valence-electron chi connectivity index (χ4n) is 0.286. The van der Waals surface area contributed by atoms with Gasteiger partial charge in [-0.25, -0.2) is 0 Å². The monoisotopic (exact) mass is 348 g/mol. The molecule has 0 aromatic rings. The van der Waals surface area contributed by atoms with E-state index in [4.69, 9.17) is 9.30 Å². The van der Waals surface area contributed by atoms with E-state index in [2.05, 4.69) is 13.3 Å². The Morgan fingerprint density at radius 2 is 1.17 bits per heavy atom. The Bertz CT molecular complexity index is 141. The third-order valence-electron chi connectivity index (χ3n) is 0.407. The van der Waals surface area contributed by atoms with Crippen molar-refractivity contribution >= 4 is 11.6 Å². The molecule has 0 fully saturated rings. The summed E-state index contributed by atoms with van der Waals surface area (Å²) in [5.41, 5.74) is 0. The Labute approximate surface area is 84.5 Å². The first-order chi connectivity index (χ1) is 5.13. The van der Waals surface area contributed by atoms with E-state index in [9.17, 15) is 9.59 Å². The Kier molecular flexibility index (Phi) is 42.1. The smallest absolute Gasteiger partial charge is 0 e. The first-order valence-corrected chi connectivity index (χ1v) is 2.39. The summed E-state index contributed by atoms with van der Waals surface area (Å²) in [6.45, 7) is 11.7. The molecule has 4 nitrogen and oxygen atoms in total. The van der Waals surface area contributed by atoms with Crippen LogP contribution in [-0.2, 0) is 39.0 Å². The fraction of sp³-hybridized carbons (Fsp3) is 0.286. The van der Waals surface area contributed by atoms with Gasteiger partial charge in [-0.3, -0.25) is 6.42 Å². The van der Waals surface area contributed by atoms with E-state index < -0.39 is 0 Å². The molecule has 0 saturated carbocycles. The van der Waals surface area contributed by atoms with Crippen molar-refractivity contribution in [1.82, 2.24) is 0 Å². The van der Waals surface area contributed by atoms with Gasteiger partial charge in [0.25, 0.3) is 0 Å². The van der Waals surface area contributed by atoms with Gasteiger partial charge in [0.1, 0.15) is 0 Å². The second-order valence-electron chi connectivity index (χ2n) is 1.37. The number of carbonyl (C=O) groups is 2. The normalized spacial score (nSPS) is 4.83. The number of Topliss-reactive ketones (excluding diaryl/α,β-unsaturated/α-hetero) is 2. The Balaban J connectivity index is -0.0000000560. The van der Waals surface area contributed by atoms with Crippen LogP contribution in [0, 0.1) is 19.7 Å². The molecule has 0 aliphatic heterocycles. The molecule has 0 saturated heterocycles. The zero-order chi connectivity index (χ0) is 9.86. The zero-order valence-corrected chi connectivity index (χ0v) is 8.94. The molecule has 0 bridgehead atoms. The molecule has 0 atom stereocenters. The Morgan fingerprint density at radius 3 is 1.17 bits per heavy atom. The number of hydrogen-bond acceptors (Lipinski definition) is 2. The maximum Gasteiger partial charge on any atom is 0 e. The van der Waals surface area contributed by atoms with E-state index in [0.29, 0.717) is 0 Å². The fourth-order valence-corrected chi connectivity index (χ4v) is 0.286. The molecule has 0 amide bonds. The quantitative estimate of drug-likeness (QED) is 0.409. The summed E-state index contributed by atoms with van der Waals surface area (Å²) in [6, 6.07) is 0. The van der Waals surface area contributed by atoms with E-state index in [1.54, 1.807) is 0 Å². The van der Waals surface area contributed by atoms with Crippen LogP contribution in [0.2, 0.25) is 0 Å². The van der Waals surface area contributed by atoms with E-state index in [1.165, 1.54) is 13.8 Å². The molecule has 0 spiro atoms. The van der Waals surface area contributed by atoms with Crippen LogP contribution in [0.3, 0.4) is 0 Å². The van der Waals surface area contributed by atoms with Crippen LogP contribution in [0.4, 0.5) is 0 Å². The second-order valence-corrected chi connectivity index (χ2v) is 1.37. The average Bonchev–Trinajstić information content (AvgIpc) is 1.93. The van der Waals surface area contributed by atoms with Crippen LogP contribution in [0.1, 0.15) is 13.8 Å². The molecule has 0 N–H and O–H groups in total. The first-order valence-electron chi connectivity index (χ1n) is 2.39. The minimum absolute atomic E-state index is 0. The van der Waals surface area contributed by atoms with Gasteiger partial charge in [0.2, 0.25) is 0 Å². The van der Waals surface area contributed by atoms with Gasteiger partial charge in [0.05, 0.1) is 0 Å². The predicted molar refractivity (Wildman–Crippen MR) is 33.5 cm³/mol. The Hall–Kier alpha value is -0.661. The summed E-state index contributed by atoms with van der Waals surface area (Å²) in [7, 11) is 0. The van der Waals surface area contributed by atoms with Crippen molar-refractivity contribution in [2.75, 3.05) is 0 Å². The summed E-state index contributed by atoms with van der Waals surface area (Å²) in [5, 5.41) is 0. The van der Waals surface area contributed by atoms with Crippen LogP contribution in [0.15, 0.2) is 0 Å². The largest absolute Gasteiger partial charge is 0 e. The van der Waals surface area contributed by atoms with Crippen molar-refractivity contribution in [3.05, 3.63) is 19.7 Å². The number of ketones is 2. The van der Waals surface area contributed by atoms with Crippen molar-refractivity contribution in [3.63, 3.8) is 0 Å². The van der Waals surface area contributed by atoms with Gasteiger partial charge in [0.15, 0.2) is 0 Å². The second kappa shape index (κ2) is 22.4. The molecule has 0 aliphatic rings. The van der Waals surface area contributed by atoms with Crippen molar-refractivity contribution in [2.45, 2.75) is 13.8 Å². The van der Waals surface area contributed by atoms with Crippen molar-refractivity contribution in [2.24, 2.45) is 0 Å². The molecular formula is C7H7IrO4-. The molecule has 0 aliphatic carbocycles. The molecule has 0 unspecified atom stereocenters. The van der Waals surface area contributed by atoms with E-state index in [-0.39, 0.29) is 31.7 Å². The van der Waals surface area contributed by atoms with Crippen molar-refractivity contribution < 1.29 is 39.0 Å². The molecule has 0 aromatic carbocycles. The minimum Gasteiger partial charge on any atom is 0 e. The molecule has 0 rings (SSSR count).